The van der Waals surface area contributed by atoms with Crippen molar-refractivity contribution >= 4 is 5.91 Å². The van der Waals surface area contributed by atoms with E-state index in [2.05, 4.69) is 22.5 Å². The minimum Gasteiger partial charge on any atom is -0.465 e. The third-order valence-electron chi connectivity index (χ3n) is 3.33. The number of hydrogen-bond acceptors (Lipinski definition) is 4. The van der Waals surface area contributed by atoms with Gasteiger partial charge in [0.2, 0.25) is 5.91 Å². The number of piperazine rings is 1. The molecule has 2 heterocycles. The normalized spacial score (nSPS) is 20.9. The molecule has 18 heavy (non-hydrogen) atoms. The molecule has 100 valence electrons. The lowest BCUT2D eigenvalue weighted by molar-refractivity contribution is -0.126. The van der Waals surface area contributed by atoms with Gasteiger partial charge in [0.15, 0.2) is 0 Å². The van der Waals surface area contributed by atoms with Crippen molar-refractivity contribution in [3.8, 4) is 0 Å². The molecule has 1 aromatic rings. The number of nitrogens with zero attached hydrogens (tertiary/aromatic N) is 1. The molecule has 2 rings (SSSR count). The molecule has 1 atom stereocenters. The molecule has 5 nitrogen and oxygen atoms in total. The second kappa shape index (κ2) is 6.02. The highest BCUT2D eigenvalue weighted by molar-refractivity contribution is 5.81. The highest BCUT2D eigenvalue weighted by Crippen LogP contribution is 2.14. The van der Waals surface area contributed by atoms with E-state index in [1.807, 2.05) is 12.1 Å². The molecule has 0 radical (unpaired) electrons. The molecule has 1 fully saturated rings. The molecule has 0 bridgehead atoms. The quantitative estimate of drug-likeness (QED) is 0.811. The zero-order valence-electron chi connectivity index (χ0n) is 11.0. The standard InChI is InChI=1S/C13H21N3O2/c1-3-10-4-5-11(18-10)9-16-7-6-15-8-12(16)13(17)14-2/h4-5,12,15H,3,6-9H2,1-2H3,(H,14,17). The van der Waals surface area contributed by atoms with Gasteiger partial charge < -0.3 is 15.1 Å². The molecule has 0 spiro atoms. The van der Waals surface area contributed by atoms with E-state index in [-0.39, 0.29) is 11.9 Å². The van der Waals surface area contributed by atoms with Gasteiger partial charge in [-0.1, -0.05) is 6.92 Å². The van der Waals surface area contributed by atoms with Gasteiger partial charge in [-0.05, 0) is 12.1 Å². The maximum absolute atomic E-state index is 11.8. The van der Waals surface area contributed by atoms with Crippen LogP contribution in [0.1, 0.15) is 18.4 Å². The number of furan rings is 1. The van der Waals surface area contributed by atoms with Crippen molar-refractivity contribution in [1.82, 2.24) is 15.5 Å². The van der Waals surface area contributed by atoms with Gasteiger partial charge in [0, 0.05) is 33.1 Å². The summed E-state index contributed by atoms with van der Waals surface area (Å²) in [5.41, 5.74) is 0. The Morgan fingerprint density at radius 2 is 2.33 bits per heavy atom. The van der Waals surface area contributed by atoms with Crippen molar-refractivity contribution in [2.45, 2.75) is 25.9 Å². The van der Waals surface area contributed by atoms with Crippen molar-refractivity contribution < 1.29 is 9.21 Å². The SMILES string of the molecule is CCc1ccc(CN2CCNCC2C(=O)NC)o1. The van der Waals surface area contributed by atoms with Gasteiger partial charge in [0.25, 0.3) is 0 Å². The highest BCUT2D eigenvalue weighted by Gasteiger charge is 2.28. The Morgan fingerprint density at radius 1 is 1.56 bits per heavy atom. The summed E-state index contributed by atoms with van der Waals surface area (Å²) in [7, 11) is 1.68. The van der Waals surface area contributed by atoms with Crippen LogP contribution in [0.5, 0.6) is 0 Å². The summed E-state index contributed by atoms with van der Waals surface area (Å²) in [6, 6.07) is 3.90. The molecule has 0 aromatic carbocycles. The van der Waals surface area contributed by atoms with Crippen molar-refractivity contribution in [3.05, 3.63) is 23.7 Å². The summed E-state index contributed by atoms with van der Waals surface area (Å²) in [4.78, 5) is 14.0. The van der Waals surface area contributed by atoms with Crippen LogP contribution in [-0.4, -0.2) is 43.5 Å². The van der Waals surface area contributed by atoms with E-state index in [1.54, 1.807) is 7.05 Å². The van der Waals surface area contributed by atoms with Crippen molar-refractivity contribution in [2.24, 2.45) is 0 Å². The van der Waals surface area contributed by atoms with Crippen molar-refractivity contribution in [2.75, 3.05) is 26.7 Å². The Labute approximate surface area is 108 Å². The fourth-order valence-corrected chi connectivity index (χ4v) is 2.26. The average Bonchev–Trinajstić information content (AvgIpc) is 2.86. The number of nitrogens with one attached hydrogen (secondary N) is 2. The van der Waals surface area contributed by atoms with Gasteiger partial charge in [-0.3, -0.25) is 9.69 Å². The summed E-state index contributed by atoms with van der Waals surface area (Å²) in [6.07, 6.45) is 0.903. The van der Waals surface area contributed by atoms with Crippen LogP contribution in [0.25, 0.3) is 0 Å². The lowest BCUT2D eigenvalue weighted by Crippen LogP contribution is -2.56. The van der Waals surface area contributed by atoms with Crippen LogP contribution in [0.15, 0.2) is 16.5 Å². The first-order valence-electron chi connectivity index (χ1n) is 6.48. The molecule has 1 saturated heterocycles. The third-order valence-corrected chi connectivity index (χ3v) is 3.33. The Morgan fingerprint density at radius 3 is 3.00 bits per heavy atom. The average molecular weight is 251 g/mol. The molecule has 2 N–H and O–H groups in total. The second-order valence-electron chi connectivity index (χ2n) is 4.53. The highest BCUT2D eigenvalue weighted by atomic mass is 16.3. The molecule has 1 aliphatic rings. The maximum Gasteiger partial charge on any atom is 0.238 e. The summed E-state index contributed by atoms with van der Waals surface area (Å²) in [5, 5.41) is 5.96. The maximum atomic E-state index is 11.8. The Kier molecular flexibility index (Phi) is 4.38. The minimum absolute atomic E-state index is 0.0597. The fraction of sp³-hybridized carbons (Fsp3) is 0.615. The van der Waals surface area contributed by atoms with Crippen LogP contribution in [0.2, 0.25) is 0 Å². The first-order valence-corrected chi connectivity index (χ1v) is 6.48. The Bertz CT molecular complexity index is 403. The molecule has 5 heteroatoms. The number of carbonyl (C=O) groups is 1. The van der Waals surface area contributed by atoms with Gasteiger partial charge in [-0.2, -0.15) is 0 Å². The number of hydrogen-bond donors (Lipinski definition) is 2. The molecule has 1 unspecified atom stereocenters. The van der Waals surface area contributed by atoms with Gasteiger partial charge in [0.1, 0.15) is 17.6 Å². The van der Waals surface area contributed by atoms with E-state index in [1.165, 1.54) is 0 Å². The molecule has 1 aliphatic heterocycles. The minimum atomic E-state index is -0.112. The number of carbonyl (C=O) groups excluding carboxylic acids is 1. The van der Waals surface area contributed by atoms with E-state index in [9.17, 15) is 4.79 Å². The Hall–Kier alpha value is -1.33. The van der Waals surface area contributed by atoms with E-state index in [0.29, 0.717) is 13.1 Å². The van der Waals surface area contributed by atoms with Gasteiger partial charge in [-0.25, -0.2) is 0 Å². The summed E-state index contributed by atoms with van der Waals surface area (Å²) >= 11 is 0. The summed E-state index contributed by atoms with van der Waals surface area (Å²) < 4.78 is 5.70. The van der Waals surface area contributed by atoms with E-state index in [0.717, 1.165) is 31.0 Å². The van der Waals surface area contributed by atoms with Crippen molar-refractivity contribution in [3.63, 3.8) is 0 Å². The number of rotatable bonds is 4. The first-order chi connectivity index (χ1) is 8.74. The fourth-order valence-electron chi connectivity index (χ4n) is 2.26. The zero-order valence-corrected chi connectivity index (χ0v) is 11.0. The molecule has 0 saturated carbocycles. The van der Waals surface area contributed by atoms with Crippen molar-refractivity contribution in [1.29, 1.82) is 0 Å². The van der Waals surface area contributed by atoms with Crippen LogP contribution in [0, 0.1) is 0 Å². The monoisotopic (exact) mass is 251 g/mol. The number of aryl methyl sites for hydroxylation is 1. The molecular formula is C13H21N3O2. The molecular weight excluding hydrogens is 230 g/mol. The van der Waals surface area contributed by atoms with Crippen LogP contribution in [0.3, 0.4) is 0 Å². The molecule has 0 aliphatic carbocycles. The van der Waals surface area contributed by atoms with Crippen LogP contribution >= 0.6 is 0 Å². The summed E-state index contributed by atoms with van der Waals surface area (Å²) in [5.74, 6) is 1.99. The molecule has 1 amide bonds. The first kappa shape index (κ1) is 13.1. The number of amides is 1. The van der Waals surface area contributed by atoms with Crippen LogP contribution in [-0.2, 0) is 17.8 Å². The summed E-state index contributed by atoms with van der Waals surface area (Å²) in [6.45, 7) is 5.23. The van der Waals surface area contributed by atoms with E-state index in [4.69, 9.17) is 4.42 Å². The third kappa shape index (κ3) is 2.91. The largest absolute Gasteiger partial charge is 0.465 e. The predicted molar refractivity (Wildman–Crippen MR) is 69.2 cm³/mol. The van der Waals surface area contributed by atoms with E-state index >= 15 is 0 Å². The molecule has 1 aromatic heterocycles. The van der Waals surface area contributed by atoms with E-state index < -0.39 is 0 Å². The predicted octanol–water partition coefficient (Wildman–Crippen LogP) is 0.362. The lowest BCUT2D eigenvalue weighted by atomic mass is 10.1. The van der Waals surface area contributed by atoms with Gasteiger partial charge >= 0.3 is 0 Å². The lowest BCUT2D eigenvalue weighted by Gasteiger charge is -2.34. The van der Waals surface area contributed by atoms with Crippen LogP contribution in [0.4, 0.5) is 0 Å². The number of likely N-dealkylation sites (N-methyl/N-ethyl adjacent to an activating group) is 1. The van der Waals surface area contributed by atoms with Gasteiger partial charge in [0.05, 0.1) is 6.54 Å². The topological polar surface area (TPSA) is 57.5 Å². The zero-order chi connectivity index (χ0) is 13.0. The van der Waals surface area contributed by atoms with Gasteiger partial charge in [-0.15, -0.1) is 0 Å². The second-order valence-corrected chi connectivity index (χ2v) is 4.53. The smallest absolute Gasteiger partial charge is 0.238 e. The van der Waals surface area contributed by atoms with Crippen LogP contribution < -0.4 is 10.6 Å². The Balaban J connectivity index is 2.02.